The molecule has 0 aliphatic heterocycles. The molecule has 96 valence electrons. The Kier molecular flexibility index (Phi) is 5.05. The minimum absolute atomic E-state index is 0.0299. The third-order valence-electron chi connectivity index (χ3n) is 2.23. The highest BCUT2D eigenvalue weighted by molar-refractivity contribution is 6.17. The topological polar surface area (TPSA) is 50.1 Å². The Morgan fingerprint density at radius 2 is 2.22 bits per heavy atom. The number of halogens is 3. The predicted molar refractivity (Wildman–Crippen MR) is 61.6 cm³/mol. The summed E-state index contributed by atoms with van der Waals surface area (Å²) in [4.78, 5) is 11.6. The quantitative estimate of drug-likeness (QED) is 0.624. The van der Waals surface area contributed by atoms with Gasteiger partial charge in [-0.1, -0.05) is 0 Å². The molecule has 0 N–H and O–H groups in total. The van der Waals surface area contributed by atoms with Gasteiger partial charge in [-0.05, 0) is 24.6 Å². The van der Waals surface area contributed by atoms with E-state index >= 15 is 0 Å². The summed E-state index contributed by atoms with van der Waals surface area (Å²) in [5, 5.41) is 8.90. The van der Waals surface area contributed by atoms with Crippen LogP contribution in [0.5, 0.6) is 0 Å². The first-order chi connectivity index (χ1) is 8.54. The highest BCUT2D eigenvalue weighted by Gasteiger charge is 2.22. The van der Waals surface area contributed by atoms with Gasteiger partial charge in [-0.2, -0.15) is 5.26 Å². The van der Waals surface area contributed by atoms with Crippen LogP contribution in [0.2, 0.25) is 0 Å². The second kappa shape index (κ2) is 6.31. The Hall–Kier alpha value is -1.67. The minimum Gasteiger partial charge on any atom is -0.462 e. The zero-order valence-corrected chi connectivity index (χ0v) is 10.3. The summed E-state index contributed by atoms with van der Waals surface area (Å²) in [6, 6.07) is 4.04. The molecule has 1 aromatic carbocycles. The Morgan fingerprint density at radius 3 is 2.67 bits per heavy atom. The molecule has 0 amide bonds. The van der Waals surface area contributed by atoms with Crippen molar-refractivity contribution in [2.75, 3.05) is 6.61 Å². The average Bonchev–Trinajstić information content (AvgIpc) is 2.37. The summed E-state index contributed by atoms with van der Waals surface area (Å²) in [5.74, 6) is -0.833. The smallest absolute Gasteiger partial charge is 0.339 e. The van der Waals surface area contributed by atoms with Gasteiger partial charge in [0.05, 0.1) is 17.7 Å². The molecule has 0 aromatic heterocycles. The molecule has 0 heterocycles. The molecular formula is C12H10ClF2NO2. The van der Waals surface area contributed by atoms with Gasteiger partial charge in [0.1, 0.15) is 6.07 Å². The third kappa shape index (κ3) is 2.96. The van der Waals surface area contributed by atoms with Crippen molar-refractivity contribution in [1.29, 1.82) is 5.26 Å². The monoisotopic (exact) mass is 273 g/mol. The Morgan fingerprint density at radius 1 is 1.56 bits per heavy atom. The molecule has 0 saturated heterocycles. The lowest BCUT2D eigenvalue weighted by molar-refractivity contribution is 0.0525. The number of benzene rings is 1. The van der Waals surface area contributed by atoms with Crippen LogP contribution >= 0.6 is 11.6 Å². The Labute approximate surface area is 108 Å². The summed E-state index contributed by atoms with van der Waals surface area (Å²) in [6.45, 7) is 1.68. The van der Waals surface area contributed by atoms with Gasteiger partial charge in [0, 0.05) is 11.4 Å². The highest BCUT2D eigenvalue weighted by atomic mass is 35.5. The van der Waals surface area contributed by atoms with Crippen LogP contribution < -0.4 is 0 Å². The number of hydrogen-bond donors (Lipinski definition) is 0. The van der Waals surface area contributed by atoms with Crippen molar-refractivity contribution in [3.05, 3.63) is 34.4 Å². The van der Waals surface area contributed by atoms with Gasteiger partial charge in [-0.3, -0.25) is 0 Å². The van der Waals surface area contributed by atoms with Gasteiger partial charge in [0.25, 0.3) is 6.43 Å². The average molecular weight is 274 g/mol. The van der Waals surface area contributed by atoms with Gasteiger partial charge in [-0.15, -0.1) is 11.6 Å². The Balaban J connectivity index is 3.43. The van der Waals surface area contributed by atoms with E-state index in [1.54, 1.807) is 13.0 Å². The second-order valence-electron chi connectivity index (χ2n) is 3.37. The number of carbonyl (C=O) groups is 1. The van der Waals surface area contributed by atoms with Gasteiger partial charge < -0.3 is 4.74 Å². The van der Waals surface area contributed by atoms with E-state index in [1.807, 2.05) is 0 Å². The lowest BCUT2D eigenvalue weighted by atomic mass is 9.99. The van der Waals surface area contributed by atoms with Crippen LogP contribution in [0, 0.1) is 11.3 Å². The molecule has 0 spiro atoms. The van der Waals surface area contributed by atoms with Crippen molar-refractivity contribution >= 4 is 17.6 Å². The fourth-order valence-corrected chi connectivity index (χ4v) is 1.62. The molecule has 3 nitrogen and oxygen atoms in total. The normalized spacial score (nSPS) is 10.2. The highest BCUT2D eigenvalue weighted by Crippen LogP contribution is 2.28. The molecule has 1 rings (SSSR count). The first kappa shape index (κ1) is 14.4. The molecule has 1 aromatic rings. The van der Waals surface area contributed by atoms with Crippen LogP contribution in [0.1, 0.15) is 40.4 Å². The summed E-state index contributed by atoms with van der Waals surface area (Å²) in [6.07, 6.45) is -2.85. The van der Waals surface area contributed by atoms with E-state index in [4.69, 9.17) is 21.6 Å². The van der Waals surface area contributed by atoms with Crippen LogP contribution in [-0.2, 0) is 10.6 Å². The molecule has 18 heavy (non-hydrogen) atoms. The molecule has 6 heteroatoms. The number of alkyl halides is 3. The lowest BCUT2D eigenvalue weighted by Gasteiger charge is -2.10. The Bertz CT molecular complexity index is 498. The molecule has 0 saturated carbocycles. The van der Waals surface area contributed by atoms with Crippen LogP contribution in [0.4, 0.5) is 8.78 Å². The van der Waals surface area contributed by atoms with E-state index < -0.39 is 18.0 Å². The number of esters is 1. The second-order valence-corrected chi connectivity index (χ2v) is 3.64. The van der Waals surface area contributed by atoms with Crippen LogP contribution in [0.3, 0.4) is 0 Å². The maximum atomic E-state index is 12.8. The zero-order valence-electron chi connectivity index (χ0n) is 9.54. The van der Waals surface area contributed by atoms with Gasteiger partial charge in [0.15, 0.2) is 0 Å². The van der Waals surface area contributed by atoms with E-state index in [-0.39, 0.29) is 23.6 Å². The maximum absolute atomic E-state index is 12.8. The number of hydrogen-bond acceptors (Lipinski definition) is 3. The lowest BCUT2D eigenvalue weighted by Crippen LogP contribution is -2.10. The largest absolute Gasteiger partial charge is 0.462 e. The minimum atomic E-state index is -2.85. The van der Waals surface area contributed by atoms with Crippen LogP contribution in [0.15, 0.2) is 12.1 Å². The van der Waals surface area contributed by atoms with Crippen molar-refractivity contribution in [3.63, 3.8) is 0 Å². The van der Waals surface area contributed by atoms with E-state index in [0.29, 0.717) is 5.56 Å². The number of nitriles is 1. The SMILES string of the molecule is CCOC(=O)c1cc(CCl)cc(C(F)F)c1C#N. The summed E-state index contributed by atoms with van der Waals surface area (Å²) < 4.78 is 30.4. The fraction of sp³-hybridized carbons (Fsp3) is 0.333. The first-order valence-corrected chi connectivity index (χ1v) is 5.66. The van der Waals surface area contributed by atoms with Gasteiger partial charge >= 0.3 is 5.97 Å². The molecule has 0 bridgehead atoms. The van der Waals surface area contributed by atoms with Crippen molar-refractivity contribution in [2.45, 2.75) is 19.2 Å². The maximum Gasteiger partial charge on any atom is 0.339 e. The fourth-order valence-electron chi connectivity index (χ4n) is 1.47. The zero-order chi connectivity index (χ0) is 13.7. The van der Waals surface area contributed by atoms with Crippen molar-refractivity contribution in [3.8, 4) is 6.07 Å². The molecule has 0 aliphatic rings. The molecule has 0 unspecified atom stereocenters. The number of carbonyl (C=O) groups excluding carboxylic acids is 1. The van der Waals surface area contributed by atoms with Gasteiger partial charge in [-0.25, -0.2) is 13.6 Å². The molecule has 0 aliphatic carbocycles. The third-order valence-corrected chi connectivity index (χ3v) is 2.53. The van der Waals surface area contributed by atoms with E-state index in [1.165, 1.54) is 6.07 Å². The molecular weight excluding hydrogens is 264 g/mol. The standard InChI is InChI=1S/C12H10ClF2NO2/c1-2-18-12(17)9-4-7(5-13)3-8(11(14)15)10(9)6-16/h3-4,11H,2,5H2,1H3. The predicted octanol–water partition coefficient (Wildman–Crippen LogP) is 3.41. The van der Waals surface area contributed by atoms with Crippen LogP contribution in [-0.4, -0.2) is 12.6 Å². The van der Waals surface area contributed by atoms with E-state index in [0.717, 1.165) is 6.07 Å². The molecule has 0 atom stereocenters. The van der Waals surface area contributed by atoms with Crippen molar-refractivity contribution in [2.24, 2.45) is 0 Å². The number of rotatable bonds is 4. The summed E-state index contributed by atoms with van der Waals surface area (Å²) in [7, 11) is 0. The molecule has 0 fully saturated rings. The van der Waals surface area contributed by atoms with Crippen molar-refractivity contribution < 1.29 is 18.3 Å². The van der Waals surface area contributed by atoms with Gasteiger partial charge in [0.2, 0.25) is 0 Å². The summed E-state index contributed by atoms with van der Waals surface area (Å²) in [5.41, 5.74) is -0.696. The first-order valence-electron chi connectivity index (χ1n) is 5.13. The van der Waals surface area contributed by atoms with E-state index in [9.17, 15) is 13.6 Å². The molecule has 0 radical (unpaired) electrons. The summed E-state index contributed by atoms with van der Waals surface area (Å²) >= 11 is 5.57. The number of nitrogens with zero attached hydrogens (tertiary/aromatic N) is 1. The van der Waals surface area contributed by atoms with Crippen molar-refractivity contribution in [1.82, 2.24) is 0 Å². The van der Waals surface area contributed by atoms with E-state index in [2.05, 4.69) is 0 Å². The van der Waals surface area contributed by atoms with Crippen LogP contribution in [0.25, 0.3) is 0 Å². The number of ether oxygens (including phenoxy) is 1.